The highest BCUT2D eigenvalue weighted by molar-refractivity contribution is 5.78. The molecule has 1 fully saturated rings. The number of unbranched alkanes of at least 4 members (excludes halogenated alkanes) is 1. The molecule has 1 rings (SSSR count). The lowest BCUT2D eigenvalue weighted by atomic mass is 9.94. The smallest absolute Gasteiger partial charge is 0.323 e. The third kappa shape index (κ3) is 4.46. The van der Waals surface area contributed by atoms with Gasteiger partial charge in [-0.15, -0.1) is 0 Å². The first-order valence-corrected chi connectivity index (χ1v) is 7.59. The van der Waals surface area contributed by atoms with E-state index in [1.165, 1.54) is 19.3 Å². The number of carboxylic acid groups (broad SMARTS) is 1. The third-order valence-electron chi connectivity index (χ3n) is 4.74. The second kappa shape index (κ2) is 7.25. The predicted octanol–water partition coefficient (Wildman–Crippen LogP) is 2.48. The summed E-state index contributed by atoms with van der Waals surface area (Å²) in [6.07, 6.45) is 6.67. The SMILES string of the molecule is CNC(C)(CCCCN1C(C)CCCC1C)C(=O)O. The van der Waals surface area contributed by atoms with Crippen LogP contribution in [0.2, 0.25) is 0 Å². The largest absolute Gasteiger partial charge is 0.480 e. The van der Waals surface area contributed by atoms with Crippen LogP contribution in [0.1, 0.15) is 59.3 Å². The fourth-order valence-electron chi connectivity index (χ4n) is 3.03. The van der Waals surface area contributed by atoms with E-state index in [1.54, 1.807) is 14.0 Å². The normalized spacial score (nSPS) is 28.0. The number of likely N-dealkylation sites (tertiary alicyclic amines) is 1. The van der Waals surface area contributed by atoms with Gasteiger partial charge in [0.15, 0.2) is 0 Å². The van der Waals surface area contributed by atoms with E-state index in [9.17, 15) is 9.90 Å². The summed E-state index contributed by atoms with van der Waals surface area (Å²) in [5.74, 6) is -0.755. The summed E-state index contributed by atoms with van der Waals surface area (Å²) < 4.78 is 0. The highest BCUT2D eigenvalue weighted by Crippen LogP contribution is 2.23. The van der Waals surface area contributed by atoms with Gasteiger partial charge in [0, 0.05) is 12.1 Å². The first kappa shape index (κ1) is 16.4. The molecular weight excluding hydrogens is 240 g/mol. The number of hydrogen-bond acceptors (Lipinski definition) is 3. The number of nitrogens with one attached hydrogen (secondary N) is 1. The van der Waals surface area contributed by atoms with Crippen LogP contribution in [0.15, 0.2) is 0 Å². The number of carboxylic acids is 1. The summed E-state index contributed by atoms with van der Waals surface area (Å²) in [4.78, 5) is 13.8. The van der Waals surface area contributed by atoms with Gasteiger partial charge in [-0.2, -0.15) is 0 Å². The van der Waals surface area contributed by atoms with Crippen molar-refractivity contribution in [3.05, 3.63) is 0 Å². The Bertz CT molecular complexity index is 286. The number of likely N-dealkylation sites (N-methyl/N-ethyl adjacent to an activating group) is 1. The first-order chi connectivity index (χ1) is 8.90. The van der Waals surface area contributed by atoms with Crippen molar-refractivity contribution in [3.63, 3.8) is 0 Å². The molecule has 1 heterocycles. The Morgan fingerprint density at radius 3 is 2.37 bits per heavy atom. The summed E-state index contributed by atoms with van der Waals surface area (Å²) in [7, 11) is 1.73. The molecule has 112 valence electrons. The predicted molar refractivity (Wildman–Crippen MR) is 78.4 cm³/mol. The van der Waals surface area contributed by atoms with Crippen molar-refractivity contribution in [2.24, 2.45) is 0 Å². The quantitative estimate of drug-likeness (QED) is 0.698. The summed E-state index contributed by atoms with van der Waals surface area (Å²) >= 11 is 0. The summed E-state index contributed by atoms with van der Waals surface area (Å²) in [6.45, 7) is 7.48. The minimum Gasteiger partial charge on any atom is -0.480 e. The van der Waals surface area contributed by atoms with Crippen molar-refractivity contribution in [2.75, 3.05) is 13.6 Å². The minimum absolute atomic E-state index is 0.680. The molecule has 0 aromatic carbocycles. The molecule has 3 unspecified atom stereocenters. The number of aliphatic carboxylic acids is 1. The number of nitrogens with zero attached hydrogens (tertiary/aromatic N) is 1. The van der Waals surface area contributed by atoms with Crippen LogP contribution < -0.4 is 5.32 Å². The molecule has 0 aromatic heterocycles. The van der Waals surface area contributed by atoms with Gasteiger partial charge in [0.1, 0.15) is 5.54 Å². The van der Waals surface area contributed by atoms with Crippen LogP contribution in [0, 0.1) is 0 Å². The van der Waals surface area contributed by atoms with Crippen LogP contribution in [0.5, 0.6) is 0 Å². The Kier molecular flexibility index (Phi) is 6.27. The highest BCUT2D eigenvalue weighted by Gasteiger charge is 2.30. The first-order valence-electron chi connectivity index (χ1n) is 7.59. The van der Waals surface area contributed by atoms with Crippen LogP contribution in [0.25, 0.3) is 0 Å². The maximum atomic E-state index is 11.2. The van der Waals surface area contributed by atoms with Gasteiger partial charge in [-0.3, -0.25) is 9.69 Å². The zero-order valence-corrected chi connectivity index (χ0v) is 12.9. The number of hydrogen-bond donors (Lipinski definition) is 2. The molecule has 1 aliphatic heterocycles. The summed E-state index contributed by atoms with van der Waals surface area (Å²) in [6, 6.07) is 1.36. The lowest BCUT2D eigenvalue weighted by Gasteiger charge is -2.39. The van der Waals surface area contributed by atoms with Gasteiger partial charge in [0.05, 0.1) is 0 Å². The van der Waals surface area contributed by atoms with Gasteiger partial charge in [-0.1, -0.05) is 6.42 Å². The lowest BCUT2D eigenvalue weighted by Crippen LogP contribution is -2.47. The second-order valence-electron chi connectivity index (χ2n) is 6.21. The van der Waals surface area contributed by atoms with E-state index in [4.69, 9.17) is 0 Å². The van der Waals surface area contributed by atoms with Crippen molar-refractivity contribution >= 4 is 5.97 Å². The van der Waals surface area contributed by atoms with Gasteiger partial charge >= 0.3 is 5.97 Å². The van der Waals surface area contributed by atoms with E-state index in [-0.39, 0.29) is 0 Å². The van der Waals surface area contributed by atoms with Crippen LogP contribution in [-0.2, 0) is 4.79 Å². The van der Waals surface area contributed by atoms with Crippen LogP contribution in [-0.4, -0.2) is 47.2 Å². The molecule has 0 aliphatic carbocycles. The molecule has 0 aromatic rings. The Hall–Kier alpha value is -0.610. The Labute approximate surface area is 117 Å². The zero-order valence-electron chi connectivity index (χ0n) is 12.9. The van der Waals surface area contributed by atoms with Crippen LogP contribution in [0.3, 0.4) is 0 Å². The van der Waals surface area contributed by atoms with Gasteiger partial charge in [0.25, 0.3) is 0 Å². The summed E-state index contributed by atoms with van der Waals surface area (Å²) in [5, 5.41) is 12.1. The van der Waals surface area contributed by atoms with Crippen molar-refractivity contribution in [1.82, 2.24) is 10.2 Å². The van der Waals surface area contributed by atoms with Gasteiger partial charge in [0.2, 0.25) is 0 Å². The molecule has 0 amide bonds. The molecule has 19 heavy (non-hydrogen) atoms. The monoisotopic (exact) mass is 270 g/mol. The second-order valence-corrected chi connectivity index (χ2v) is 6.21. The van der Waals surface area contributed by atoms with Crippen LogP contribution >= 0.6 is 0 Å². The molecule has 0 saturated carbocycles. The maximum Gasteiger partial charge on any atom is 0.323 e. The van der Waals surface area contributed by atoms with Gasteiger partial charge in [-0.05, 0) is 66.5 Å². The highest BCUT2D eigenvalue weighted by atomic mass is 16.4. The molecule has 2 N–H and O–H groups in total. The standard InChI is InChI=1S/C15H30N2O2/c1-12-8-7-9-13(2)17(12)11-6-5-10-15(3,16-4)14(18)19/h12-13,16H,5-11H2,1-4H3,(H,18,19). The van der Waals surface area contributed by atoms with Crippen molar-refractivity contribution < 1.29 is 9.90 Å². The van der Waals surface area contributed by atoms with E-state index in [0.29, 0.717) is 18.5 Å². The summed E-state index contributed by atoms with van der Waals surface area (Å²) in [5.41, 5.74) is -0.779. The molecule has 3 atom stereocenters. The number of carbonyl (C=O) groups is 1. The molecule has 0 spiro atoms. The average molecular weight is 270 g/mol. The van der Waals surface area contributed by atoms with Crippen molar-refractivity contribution in [3.8, 4) is 0 Å². The fourth-order valence-corrected chi connectivity index (χ4v) is 3.03. The molecular formula is C15H30N2O2. The van der Waals surface area contributed by atoms with E-state index in [2.05, 4.69) is 24.1 Å². The van der Waals surface area contributed by atoms with Crippen molar-refractivity contribution in [2.45, 2.75) is 76.9 Å². The maximum absolute atomic E-state index is 11.2. The average Bonchev–Trinajstić information content (AvgIpc) is 2.36. The Morgan fingerprint density at radius 2 is 1.89 bits per heavy atom. The molecule has 4 heteroatoms. The number of piperidine rings is 1. The van der Waals surface area contributed by atoms with E-state index in [0.717, 1.165) is 19.4 Å². The van der Waals surface area contributed by atoms with E-state index >= 15 is 0 Å². The topological polar surface area (TPSA) is 52.6 Å². The Balaban J connectivity index is 2.32. The third-order valence-corrected chi connectivity index (χ3v) is 4.74. The zero-order chi connectivity index (χ0) is 14.5. The number of rotatable bonds is 7. The minimum atomic E-state index is -0.779. The Morgan fingerprint density at radius 1 is 1.32 bits per heavy atom. The molecule has 1 saturated heterocycles. The fraction of sp³-hybridized carbons (Fsp3) is 0.933. The molecule has 4 nitrogen and oxygen atoms in total. The molecule has 1 aliphatic rings. The van der Waals surface area contributed by atoms with E-state index in [1.807, 2.05) is 0 Å². The van der Waals surface area contributed by atoms with Crippen molar-refractivity contribution in [1.29, 1.82) is 0 Å². The van der Waals surface area contributed by atoms with Gasteiger partial charge in [-0.25, -0.2) is 0 Å². The molecule has 0 bridgehead atoms. The lowest BCUT2D eigenvalue weighted by molar-refractivity contribution is -0.144. The van der Waals surface area contributed by atoms with Gasteiger partial charge < -0.3 is 10.4 Å². The van der Waals surface area contributed by atoms with Crippen LogP contribution in [0.4, 0.5) is 0 Å². The molecule has 0 radical (unpaired) electrons. The van der Waals surface area contributed by atoms with E-state index < -0.39 is 11.5 Å².